The Morgan fingerprint density at radius 2 is 2.08 bits per heavy atom. The van der Waals surface area contributed by atoms with E-state index in [2.05, 4.69) is 24.0 Å². The lowest BCUT2D eigenvalue weighted by Gasteiger charge is -2.08. The molecule has 0 spiro atoms. The first-order valence-electron chi connectivity index (χ1n) is 4.15. The number of aromatic nitrogens is 2. The van der Waals surface area contributed by atoms with Crippen molar-refractivity contribution in [2.24, 2.45) is 11.7 Å². The summed E-state index contributed by atoms with van der Waals surface area (Å²) in [6.45, 7) is 6.00. The van der Waals surface area contributed by atoms with Crippen LogP contribution < -0.4 is 5.73 Å². The molecule has 0 amide bonds. The van der Waals surface area contributed by atoms with Gasteiger partial charge in [-0.1, -0.05) is 19.0 Å². The summed E-state index contributed by atoms with van der Waals surface area (Å²) in [5, 5.41) is 3.76. The fraction of sp³-hybridized carbons (Fsp3) is 0.750. The molecule has 76 valence electrons. The minimum absolute atomic E-state index is 0. The Kier molecular flexibility index (Phi) is 4.95. The monoisotopic (exact) mass is 205 g/mol. The predicted octanol–water partition coefficient (Wildman–Crippen LogP) is 1.85. The Bertz CT molecular complexity index is 249. The van der Waals surface area contributed by atoms with E-state index in [4.69, 9.17) is 10.3 Å². The van der Waals surface area contributed by atoms with Crippen molar-refractivity contribution < 1.29 is 4.52 Å². The average molecular weight is 206 g/mol. The molecule has 2 N–H and O–H groups in total. The fourth-order valence-electron chi connectivity index (χ4n) is 1.08. The second-order valence-corrected chi connectivity index (χ2v) is 3.41. The Balaban J connectivity index is 0.00000144. The molecule has 0 radical (unpaired) electrons. The summed E-state index contributed by atoms with van der Waals surface area (Å²) in [4.78, 5) is 4.06. The lowest BCUT2D eigenvalue weighted by atomic mass is 10.0. The van der Waals surface area contributed by atoms with Crippen LogP contribution in [0.4, 0.5) is 0 Å². The number of hydrogen-bond donors (Lipinski definition) is 1. The van der Waals surface area contributed by atoms with Gasteiger partial charge in [0, 0.05) is 6.92 Å². The Labute approximate surface area is 84.3 Å². The molecule has 1 heterocycles. The Hall–Kier alpha value is -0.610. The normalized spacial score (nSPS) is 12.7. The SMILES string of the molecule is Cc1nc([C@@H](N)CC(C)C)no1.Cl. The molecular formula is C8H16ClN3O. The molecule has 1 aromatic rings. The minimum Gasteiger partial charge on any atom is -0.340 e. The number of nitrogens with zero attached hydrogens (tertiary/aromatic N) is 2. The summed E-state index contributed by atoms with van der Waals surface area (Å²) in [6.07, 6.45) is 0.888. The molecule has 4 nitrogen and oxygen atoms in total. The van der Waals surface area contributed by atoms with Gasteiger partial charge >= 0.3 is 0 Å². The molecule has 0 fully saturated rings. The zero-order chi connectivity index (χ0) is 9.14. The lowest BCUT2D eigenvalue weighted by molar-refractivity contribution is 0.377. The van der Waals surface area contributed by atoms with Crippen molar-refractivity contribution >= 4 is 12.4 Å². The topological polar surface area (TPSA) is 64.9 Å². The van der Waals surface area contributed by atoms with E-state index in [1.54, 1.807) is 6.92 Å². The summed E-state index contributed by atoms with van der Waals surface area (Å²) in [7, 11) is 0. The largest absolute Gasteiger partial charge is 0.340 e. The zero-order valence-corrected chi connectivity index (χ0v) is 8.97. The Morgan fingerprint density at radius 3 is 2.46 bits per heavy atom. The van der Waals surface area contributed by atoms with Crippen LogP contribution in [0.15, 0.2) is 4.52 Å². The number of halogens is 1. The van der Waals surface area contributed by atoms with Crippen molar-refractivity contribution in [2.75, 3.05) is 0 Å². The van der Waals surface area contributed by atoms with E-state index in [1.807, 2.05) is 0 Å². The van der Waals surface area contributed by atoms with Gasteiger partial charge in [0.15, 0.2) is 5.82 Å². The second-order valence-electron chi connectivity index (χ2n) is 3.41. The highest BCUT2D eigenvalue weighted by Gasteiger charge is 2.13. The molecule has 0 aliphatic carbocycles. The van der Waals surface area contributed by atoms with Gasteiger partial charge in [-0.3, -0.25) is 0 Å². The quantitative estimate of drug-likeness (QED) is 0.818. The standard InChI is InChI=1S/C8H15N3O.ClH/c1-5(2)4-7(9)8-10-6(3)12-11-8;/h5,7H,4,9H2,1-3H3;1H/t7-;/m0./s1. The molecule has 1 aromatic heterocycles. The smallest absolute Gasteiger partial charge is 0.223 e. The van der Waals surface area contributed by atoms with E-state index < -0.39 is 0 Å². The third-order valence-electron chi connectivity index (χ3n) is 1.60. The van der Waals surface area contributed by atoms with E-state index in [1.165, 1.54) is 0 Å². The van der Waals surface area contributed by atoms with Gasteiger partial charge in [-0.05, 0) is 12.3 Å². The van der Waals surface area contributed by atoms with Gasteiger partial charge in [-0.2, -0.15) is 4.98 Å². The number of aryl methyl sites for hydroxylation is 1. The van der Waals surface area contributed by atoms with Crippen molar-refractivity contribution in [1.82, 2.24) is 10.1 Å². The summed E-state index contributed by atoms with van der Waals surface area (Å²) < 4.78 is 4.83. The van der Waals surface area contributed by atoms with Crippen LogP contribution >= 0.6 is 12.4 Å². The van der Waals surface area contributed by atoms with Crippen molar-refractivity contribution in [2.45, 2.75) is 33.2 Å². The van der Waals surface area contributed by atoms with E-state index in [0.717, 1.165) is 6.42 Å². The molecule has 1 rings (SSSR count). The first-order chi connectivity index (χ1) is 5.59. The first kappa shape index (κ1) is 12.4. The van der Waals surface area contributed by atoms with Gasteiger partial charge in [0.2, 0.25) is 5.89 Å². The predicted molar refractivity (Wildman–Crippen MR) is 52.7 cm³/mol. The van der Waals surface area contributed by atoms with E-state index >= 15 is 0 Å². The lowest BCUT2D eigenvalue weighted by Crippen LogP contribution is -2.14. The first-order valence-corrected chi connectivity index (χ1v) is 4.15. The second kappa shape index (κ2) is 5.19. The highest BCUT2D eigenvalue weighted by molar-refractivity contribution is 5.85. The van der Waals surface area contributed by atoms with Crippen LogP contribution in [0.5, 0.6) is 0 Å². The molecule has 0 bridgehead atoms. The van der Waals surface area contributed by atoms with Crippen LogP contribution in [0.2, 0.25) is 0 Å². The van der Waals surface area contributed by atoms with Gasteiger partial charge < -0.3 is 10.3 Å². The maximum atomic E-state index is 5.82. The maximum absolute atomic E-state index is 5.82. The van der Waals surface area contributed by atoms with Crippen LogP contribution in [0, 0.1) is 12.8 Å². The van der Waals surface area contributed by atoms with Gasteiger partial charge in [-0.25, -0.2) is 0 Å². The van der Waals surface area contributed by atoms with Gasteiger partial charge in [0.1, 0.15) is 0 Å². The number of nitrogens with two attached hydrogens (primary N) is 1. The Morgan fingerprint density at radius 1 is 1.46 bits per heavy atom. The highest BCUT2D eigenvalue weighted by Crippen LogP contribution is 2.15. The number of rotatable bonds is 3. The molecule has 13 heavy (non-hydrogen) atoms. The molecular weight excluding hydrogens is 190 g/mol. The van der Waals surface area contributed by atoms with Crippen LogP contribution in [0.3, 0.4) is 0 Å². The molecule has 0 aliphatic rings. The summed E-state index contributed by atoms with van der Waals surface area (Å²) in [5.41, 5.74) is 5.82. The van der Waals surface area contributed by atoms with Gasteiger partial charge in [0.25, 0.3) is 0 Å². The number of hydrogen-bond acceptors (Lipinski definition) is 4. The molecule has 0 aromatic carbocycles. The third-order valence-corrected chi connectivity index (χ3v) is 1.60. The summed E-state index contributed by atoms with van der Waals surface area (Å²) >= 11 is 0. The summed E-state index contributed by atoms with van der Waals surface area (Å²) in [6, 6.07) is -0.0950. The fourth-order valence-corrected chi connectivity index (χ4v) is 1.08. The van der Waals surface area contributed by atoms with Gasteiger partial charge in [-0.15, -0.1) is 12.4 Å². The van der Waals surface area contributed by atoms with Crippen molar-refractivity contribution in [3.8, 4) is 0 Å². The van der Waals surface area contributed by atoms with Gasteiger partial charge in [0.05, 0.1) is 6.04 Å². The highest BCUT2D eigenvalue weighted by atomic mass is 35.5. The van der Waals surface area contributed by atoms with Crippen molar-refractivity contribution in [1.29, 1.82) is 0 Å². The molecule has 0 unspecified atom stereocenters. The third kappa shape index (κ3) is 3.74. The van der Waals surface area contributed by atoms with Crippen LogP contribution in [0.1, 0.15) is 38.0 Å². The molecule has 1 atom stereocenters. The van der Waals surface area contributed by atoms with E-state index in [-0.39, 0.29) is 18.4 Å². The maximum Gasteiger partial charge on any atom is 0.223 e. The minimum atomic E-state index is -0.0950. The van der Waals surface area contributed by atoms with Crippen LogP contribution in [-0.2, 0) is 0 Å². The average Bonchev–Trinajstić information content (AvgIpc) is 2.34. The van der Waals surface area contributed by atoms with Crippen molar-refractivity contribution in [3.05, 3.63) is 11.7 Å². The molecule has 0 saturated heterocycles. The van der Waals surface area contributed by atoms with E-state index in [0.29, 0.717) is 17.6 Å². The summed E-state index contributed by atoms with van der Waals surface area (Å²) in [5.74, 6) is 1.74. The zero-order valence-electron chi connectivity index (χ0n) is 8.15. The van der Waals surface area contributed by atoms with Crippen LogP contribution in [-0.4, -0.2) is 10.1 Å². The van der Waals surface area contributed by atoms with Crippen molar-refractivity contribution in [3.63, 3.8) is 0 Å². The molecule has 0 saturated carbocycles. The van der Waals surface area contributed by atoms with Crippen LogP contribution in [0.25, 0.3) is 0 Å². The molecule has 5 heteroatoms. The van der Waals surface area contributed by atoms with E-state index in [9.17, 15) is 0 Å². The molecule has 0 aliphatic heterocycles.